The molecular weight excluding hydrogens is 328 g/mol. The summed E-state index contributed by atoms with van der Waals surface area (Å²) in [4.78, 5) is 30.3. The van der Waals surface area contributed by atoms with Gasteiger partial charge in [-0.3, -0.25) is 14.3 Å². The van der Waals surface area contributed by atoms with Crippen molar-refractivity contribution in [3.8, 4) is 0 Å². The molecule has 7 nitrogen and oxygen atoms in total. The van der Waals surface area contributed by atoms with Crippen LogP contribution in [0, 0.1) is 19.8 Å². The van der Waals surface area contributed by atoms with Crippen LogP contribution in [0.3, 0.4) is 0 Å². The quantitative estimate of drug-likeness (QED) is 0.914. The number of aromatic nitrogens is 3. The lowest BCUT2D eigenvalue weighted by Crippen LogP contribution is -2.45. The van der Waals surface area contributed by atoms with Gasteiger partial charge in [0.25, 0.3) is 0 Å². The van der Waals surface area contributed by atoms with Crippen molar-refractivity contribution in [3.05, 3.63) is 33.5 Å². The van der Waals surface area contributed by atoms with Crippen molar-refractivity contribution in [1.29, 1.82) is 0 Å². The fourth-order valence-corrected chi connectivity index (χ4v) is 3.93. The van der Waals surface area contributed by atoms with E-state index in [-0.39, 0.29) is 12.3 Å². The molecular formula is C16H20N4O3S. The highest BCUT2D eigenvalue weighted by Crippen LogP contribution is 2.38. The Morgan fingerprint density at radius 2 is 2.21 bits per heavy atom. The van der Waals surface area contributed by atoms with Gasteiger partial charge in [0.15, 0.2) is 0 Å². The van der Waals surface area contributed by atoms with Gasteiger partial charge in [-0.15, -0.1) is 11.3 Å². The molecule has 0 unspecified atom stereocenters. The number of nitrogens with zero attached hydrogens (tertiary/aromatic N) is 4. The number of aryl methyl sites for hydroxylation is 2. The van der Waals surface area contributed by atoms with Crippen LogP contribution >= 0.6 is 11.3 Å². The minimum atomic E-state index is -0.884. The highest BCUT2D eigenvalue weighted by Gasteiger charge is 2.42. The number of thiazole rings is 1. The smallest absolute Gasteiger partial charge is 0.309 e. The number of carboxylic acid groups (broad SMARTS) is 1. The second kappa shape index (κ2) is 6.35. The third-order valence-corrected chi connectivity index (χ3v) is 5.37. The van der Waals surface area contributed by atoms with Crippen LogP contribution in [0.4, 0.5) is 0 Å². The van der Waals surface area contributed by atoms with Gasteiger partial charge >= 0.3 is 5.97 Å². The molecule has 1 saturated heterocycles. The van der Waals surface area contributed by atoms with Crippen LogP contribution < -0.4 is 0 Å². The summed E-state index contributed by atoms with van der Waals surface area (Å²) in [6.07, 6.45) is 0.591. The maximum absolute atomic E-state index is 12.6. The first-order valence-electron chi connectivity index (χ1n) is 7.79. The molecule has 24 heavy (non-hydrogen) atoms. The largest absolute Gasteiger partial charge is 0.481 e. The van der Waals surface area contributed by atoms with Gasteiger partial charge in [0.05, 0.1) is 28.9 Å². The zero-order chi connectivity index (χ0) is 17.4. The second-order valence-electron chi connectivity index (χ2n) is 6.14. The highest BCUT2D eigenvalue weighted by atomic mass is 32.1. The Balaban J connectivity index is 2.01. The molecule has 1 fully saturated rings. The van der Waals surface area contributed by atoms with Gasteiger partial charge in [-0.2, -0.15) is 5.10 Å². The standard InChI is InChI=1S/C16H20N4O3S/c1-9-12(10(2)19(3)18-9)6-20-14(21)5-4-11(16(22)23)15(20)13-7-24-8-17-13/h7-8,11,15H,4-6H2,1-3H3,(H,22,23)/t11-,15-/m1/s1. The molecule has 0 aliphatic carbocycles. The van der Waals surface area contributed by atoms with Crippen LogP contribution in [0.25, 0.3) is 0 Å². The molecule has 1 N–H and O–H groups in total. The molecule has 0 aromatic carbocycles. The Labute approximate surface area is 143 Å². The summed E-state index contributed by atoms with van der Waals surface area (Å²) in [6, 6.07) is -0.533. The molecule has 3 rings (SSSR count). The molecule has 0 saturated carbocycles. The molecule has 1 aliphatic rings. The predicted octanol–water partition coefficient (Wildman–Crippen LogP) is 2.06. The lowest BCUT2D eigenvalue weighted by atomic mass is 9.86. The number of amides is 1. The van der Waals surface area contributed by atoms with E-state index in [9.17, 15) is 14.7 Å². The Bertz CT molecular complexity index is 769. The first-order valence-corrected chi connectivity index (χ1v) is 8.74. The molecule has 0 bridgehead atoms. The lowest BCUT2D eigenvalue weighted by molar-refractivity contribution is -0.152. The number of likely N-dealkylation sites (tertiary alicyclic amines) is 1. The van der Waals surface area contributed by atoms with Crippen LogP contribution in [0.5, 0.6) is 0 Å². The average Bonchev–Trinajstić information content (AvgIpc) is 3.13. The number of rotatable bonds is 4. The SMILES string of the molecule is Cc1nn(C)c(C)c1CN1C(=O)CC[C@@H](C(=O)O)[C@@H]1c1cscn1. The Morgan fingerprint density at radius 1 is 1.46 bits per heavy atom. The Kier molecular flexibility index (Phi) is 4.40. The summed E-state index contributed by atoms with van der Waals surface area (Å²) in [6.45, 7) is 4.22. The van der Waals surface area contributed by atoms with Crippen molar-refractivity contribution < 1.29 is 14.7 Å². The molecule has 3 heterocycles. The third-order valence-electron chi connectivity index (χ3n) is 4.77. The van der Waals surface area contributed by atoms with E-state index in [0.29, 0.717) is 18.7 Å². The van der Waals surface area contributed by atoms with Gasteiger partial charge in [-0.05, 0) is 20.3 Å². The highest BCUT2D eigenvalue weighted by molar-refractivity contribution is 7.07. The maximum Gasteiger partial charge on any atom is 0.309 e. The summed E-state index contributed by atoms with van der Waals surface area (Å²) in [7, 11) is 1.86. The average molecular weight is 348 g/mol. The Hall–Kier alpha value is -2.22. The first-order chi connectivity index (χ1) is 11.4. The molecule has 1 aliphatic heterocycles. The van der Waals surface area contributed by atoms with Crippen LogP contribution in [0.15, 0.2) is 10.9 Å². The first kappa shape index (κ1) is 16.6. The normalized spacial score (nSPS) is 21.3. The fourth-order valence-electron chi connectivity index (χ4n) is 3.35. The molecule has 128 valence electrons. The van der Waals surface area contributed by atoms with Gasteiger partial charge < -0.3 is 10.0 Å². The monoisotopic (exact) mass is 348 g/mol. The van der Waals surface area contributed by atoms with Crippen LogP contribution in [0.1, 0.15) is 41.5 Å². The van der Waals surface area contributed by atoms with Gasteiger partial charge in [0.2, 0.25) is 5.91 Å². The number of hydrogen-bond donors (Lipinski definition) is 1. The maximum atomic E-state index is 12.6. The molecule has 8 heteroatoms. The van der Waals surface area contributed by atoms with Gasteiger partial charge in [-0.25, -0.2) is 4.98 Å². The topological polar surface area (TPSA) is 88.3 Å². The van der Waals surface area contributed by atoms with Crippen molar-refractivity contribution in [2.24, 2.45) is 13.0 Å². The fraction of sp³-hybridized carbons (Fsp3) is 0.500. The van der Waals surface area contributed by atoms with Gasteiger partial charge in [0, 0.05) is 36.7 Å². The van der Waals surface area contributed by atoms with Crippen molar-refractivity contribution in [2.45, 2.75) is 39.3 Å². The van der Waals surface area contributed by atoms with Crippen molar-refractivity contribution >= 4 is 23.2 Å². The third kappa shape index (κ3) is 2.82. The van der Waals surface area contributed by atoms with Gasteiger partial charge in [0.1, 0.15) is 0 Å². The summed E-state index contributed by atoms with van der Waals surface area (Å²) >= 11 is 1.41. The second-order valence-corrected chi connectivity index (χ2v) is 6.85. The molecule has 2 aromatic heterocycles. The zero-order valence-electron chi connectivity index (χ0n) is 13.9. The molecule has 0 radical (unpaired) electrons. The number of carboxylic acids is 1. The minimum Gasteiger partial charge on any atom is -0.481 e. The van der Waals surface area contributed by atoms with Crippen molar-refractivity contribution in [2.75, 3.05) is 0 Å². The van der Waals surface area contributed by atoms with E-state index in [0.717, 1.165) is 17.0 Å². The van der Waals surface area contributed by atoms with Crippen molar-refractivity contribution in [3.63, 3.8) is 0 Å². The summed E-state index contributed by atoms with van der Waals surface area (Å²) in [5, 5.41) is 15.8. The predicted molar refractivity (Wildman–Crippen MR) is 88.4 cm³/mol. The Morgan fingerprint density at radius 3 is 2.75 bits per heavy atom. The van der Waals surface area contributed by atoms with E-state index in [1.807, 2.05) is 26.3 Å². The number of hydrogen-bond acceptors (Lipinski definition) is 5. The number of carbonyl (C=O) groups is 2. The van der Waals surface area contributed by atoms with Crippen LogP contribution in [-0.2, 0) is 23.2 Å². The van der Waals surface area contributed by atoms with Crippen LogP contribution in [-0.4, -0.2) is 36.6 Å². The summed E-state index contributed by atoms with van der Waals surface area (Å²) < 4.78 is 1.78. The number of carbonyl (C=O) groups excluding carboxylic acids is 1. The van der Waals surface area contributed by atoms with E-state index in [2.05, 4.69) is 10.1 Å². The molecule has 2 aromatic rings. The van der Waals surface area contributed by atoms with E-state index < -0.39 is 17.9 Å². The summed E-state index contributed by atoms with van der Waals surface area (Å²) in [5.41, 5.74) is 5.13. The van der Waals surface area contributed by atoms with E-state index >= 15 is 0 Å². The lowest BCUT2D eigenvalue weighted by Gasteiger charge is -2.38. The zero-order valence-corrected chi connectivity index (χ0v) is 14.7. The van der Waals surface area contributed by atoms with E-state index in [1.165, 1.54) is 11.3 Å². The van der Waals surface area contributed by atoms with Gasteiger partial charge in [-0.1, -0.05) is 0 Å². The molecule has 1 amide bonds. The van der Waals surface area contributed by atoms with Crippen LogP contribution in [0.2, 0.25) is 0 Å². The van der Waals surface area contributed by atoms with Crippen molar-refractivity contribution in [1.82, 2.24) is 19.7 Å². The minimum absolute atomic E-state index is 0.0341. The van der Waals surface area contributed by atoms with E-state index in [1.54, 1.807) is 15.1 Å². The molecule has 0 spiro atoms. The summed E-state index contributed by atoms with van der Waals surface area (Å²) in [5.74, 6) is -1.56. The number of piperidine rings is 1. The number of aliphatic carboxylic acids is 1. The molecule has 2 atom stereocenters. The van der Waals surface area contributed by atoms with E-state index in [4.69, 9.17) is 0 Å².